The fourth-order valence-corrected chi connectivity index (χ4v) is 4.93. The van der Waals surface area contributed by atoms with Crippen molar-refractivity contribution in [2.75, 3.05) is 6.54 Å². The number of sulfonamides is 1. The quantitative estimate of drug-likeness (QED) is 0.691. The lowest BCUT2D eigenvalue weighted by molar-refractivity contribution is 0.567. The van der Waals surface area contributed by atoms with Gasteiger partial charge in [0.15, 0.2) is 0 Å². The van der Waals surface area contributed by atoms with Gasteiger partial charge in [-0.1, -0.05) is 44.2 Å². The van der Waals surface area contributed by atoms with Crippen LogP contribution in [0.2, 0.25) is 0 Å². The van der Waals surface area contributed by atoms with Crippen LogP contribution in [0, 0.1) is 0 Å². The Bertz CT molecular complexity index is 1080. The van der Waals surface area contributed by atoms with E-state index >= 15 is 0 Å². The van der Waals surface area contributed by atoms with Crippen molar-refractivity contribution in [1.82, 2.24) is 9.29 Å². The highest BCUT2D eigenvalue weighted by atomic mass is 32.2. The molecule has 1 aliphatic carbocycles. The Balaban J connectivity index is 1.57. The molecule has 0 spiro atoms. The van der Waals surface area contributed by atoms with Gasteiger partial charge in [0.05, 0.1) is 4.90 Å². The van der Waals surface area contributed by atoms with Gasteiger partial charge in [0.25, 0.3) is 0 Å². The van der Waals surface area contributed by atoms with Crippen LogP contribution in [0.1, 0.15) is 43.7 Å². The summed E-state index contributed by atoms with van der Waals surface area (Å²) in [6, 6.07) is 15.5. The molecule has 0 radical (unpaired) electrons. The third kappa shape index (κ3) is 3.30. The summed E-state index contributed by atoms with van der Waals surface area (Å²) in [7, 11) is -1.46. The molecule has 1 N–H and O–H groups in total. The van der Waals surface area contributed by atoms with E-state index in [1.54, 1.807) is 12.1 Å². The highest BCUT2D eigenvalue weighted by molar-refractivity contribution is 7.89. The molecule has 142 valence electrons. The van der Waals surface area contributed by atoms with Crippen LogP contribution in [0.3, 0.4) is 0 Å². The first-order valence-corrected chi connectivity index (χ1v) is 10.9. The standard InChI is InChI=1S/C22H26N2O2S/c1-16(2)17-8-10-18(11-9-17)27(25,26)23-15-22(12-13-22)20-14-24(3)21-7-5-4-6-19(20)21/h4-11,14,16,23H,12-13,15H2,1-3H3. The Kier molecular flexibility index (Phi) is 4.40. The molecule has 3 aromatic rings. The van der Waals surface area contributed by atoms with E-state index in [2.05, 4.69) is 41.5 Å². The maximum absolute atomic E-state index is 12.8. The fraction of sp³-hybridized carbons (Fsp3) is 0.364. The molecule has 0 bridgehead atoms. The topological polar surface area (TPSA) is 51.1 Å². The number of hydrogen-bond donors (Lipinski definition) is 1. The minimum Gasteiger partial charge on any atom is -0.350 e. The minimum absolute atomic E-state index is 0.0915. The number of nitrogens with one attached hydrogen (secondary N) is 1. The van der Waals surface area contributed by atoms with Crippen molar-refractivity contribution >= 4 is 20.9 Å². The molecule has 0 saturated heterocycles. The highest BCUT2D eigenvalue weighted by Crippen LogP contribution is 2.50. The van der Waals surface area contributed by atoms with Gasteiger partial charge in [-0.3, -0.25) is 0 Å². The summed E-state index contributed by atoms with van der Waals surface area (Å²) < 4.78 is 30.5. The second-order valence-electron chi connectivity index (χ2n) is 8.00. The fourth-order valence-electron chi connectivity index (χ4n) is 3.80. The number of rotatable bonds is 6. The first-order chi connectivity index (χ1) is 12.8. The zero-order chi connectivity index (χ0) is 19.2. The van der Waals surface area contributed by atoms with Crippen LogP contribution in [0.5, 0.6) is 0 Å². The SMILES string of the molecule is CC(C)c1ccc(S(=O)(=O)NCC2(c3cn(C)c4ccccc34)CC2)cc1. The highest BCUT2D eigenvalue weighted by Gasteiger charge is 2.46. The van der Waals surface area contributed by atoms with E-state index in [-0.39, 0.29) is 5.41 Å². The minimum atomic E-state index is -3.51. The van der Waals surface area contributed by atoms with Crippen molar-refractivity contribution < 1.29 is 8.42 Å². The largest absolute Gasteiger partial charge is 0.350 e. The Hall–Kier alpha value is -2.11. The second-order valence-corrected chi connectivity index (χ2v) is 9.77. The summed E-state index contributed by atoms with van der Waals surface area (Å²) in [5.41, 5.74) is 3.49. The van der Waals surface area contributed by atoms with Gasteiger partial charge < -0.3 is 4.57 Å². The van der Waals surface area contributed by atoms with Crippen LogP contribution in [-0.2, 0) is 22.5 Å². The molecule has 2 aromatic carbocycles. The van der Waals surface area contributed by atoms with E-state index in [0.717, 1.165) is 18.4 Å². The molecule has 1 aromatic heterocycles. The third-order valence-electron chi connectivity index (χ3n) is 5.78. The predicted octanol–water partition coefficient (Wildman–Crippen LogP) is 4.31. The van der Waals surface area contributed by atoms with Crippen LogP contribution in [-0.4, -0.2) is 19.5 Å². The summed E-state index contributed by atoms with van der Waals surface area (Å²) in [6.45, 7) is 4.64. The Morgan fingerprint density at radius 3 is 2.37 bits per heavy atom. The molecule has 4 nitrogen and oxygen atoms in total. The van der Waals surface area contributed by atoms with Crippen LogP contribution in [0.25, 0.3) is 10.9 Å². The van der Waals surface area contributed by atoms with Gasteiger partial charge in [0.2, 0.25) is 10.0 Å². The molecule has 1 heterocycles. The number of fused-ring (bicyclic) bond motifs is 1. The third-order valence-corrected chi connectivity index (χ3v) is 7.20. The molecule has 0 aliphatic heterocycles. The van der Waals surface area contributed by atoms with Crippen molar-refractivity contribution in [3.63, 3.8) is 0 Å². The van der Waals surface area contributed by atoms with Crippen LogP contribution >= 0.6 is 0 Å². The van der Waals surface area contributed by atoms with Crippen molar-refractivity contribution in [3.8, 4) is 0 Å². The van der Waals surface area contributed by atoms with Crippen molar-refractivity contribution in [2.45, 2.75) is 42.9 Å². The Morgan fingerprint density at radius 2 is 1.74 bits per heavy atom. The lowest BCUT2D eigenvalue weighted by Crippen LogP contribution is -2.32. The number of hydrogen-bond acceptors (Lipinski definition) is 2. The van der Waals surface area contributed by atoms with Crippen LogP contribution < -0.4 is 4.72 Å². The lowest BCUT2D eigenvalue weighted by Gasteiger charge is -2.16. The molecule has 0 atom stereocenters. The molecule has 0 unspecified atom stereocenters. The summed E-state index contributed by atoms with van der Waals surface area (Å²) in [4.78, 5) is 0.334. The molecular weight excluding hydrogens is 356 g/mol. The van der Waals surface area contributed by atoms with Gasteiger partial charge in [0, 0.05) is 36.1 Å². The van der Waals surface area contributed by atoms with Gasteiger partial charge in [-0.2, -0.15) is 0 Å². The zero-order valence-corrected chi connectivity index (χ0v) is 16.9. The number of aromatic nitrogens is 1. The smallest absolute Gasteiger partial charge is 0.240 e. The average Bonchev–Trinajstić information content (AvgIpc) is 3.38. The number of nitrogens with zero attached hydrogens (tertiary/aromatic N) is 1. The summed E-state index contributed by atoms with van der Waals surface area (Å²) in [5.74, 6) is 0.385. The molecule has 5 heteroatoms. The molecule has 27 heavy (non-hydrogen) atoms. The van der Waals surface area contributed by atoms with Crippen molar-refractivity contribution in [2.24, 2.45) is 7.05 Å². The van der Waals surface area contributed by atoms with E-state index in [9.17, 15) is 8.42 Å². The van der Waals surface area contributed by atoms with Gasteiger partial charge in [0.1, 0.15) is 0 Å². The van der Waals surface area contributed by atoms with Crippen molar-refractivity contribution in [3.05, 3.63) is 65.9 Å². The van der Waals surface area contributed by atoms with E-state index in [1.165, 1.54) is 16.5 Å². The molecule has 1 saturated carbocycles. The maximum Gasteiger partial charge on any atom is 0.240 e. The van der Waals surface area contributed by atoms with Gasteiger partial charge in [-0.25, -0.2) is 13.1 Å². The van der Waals surface area contributed by atoms with Gasteiger partial charge in [-0.05, 0) is 48.1 Å². The second kappa shape index (κ2) is 6.50. The number of aryl methyl sites for hydroxylation is 1. The Morgan fingerprint density at radius 1 is 1.07 bits per heavy atom. The van der Waals surface area contributed by atoms with Gasteiger partial charge >= 0.3 is 0 Å². The lowest BCUT2D eigenvalue weighted by atomic mass is 9.96. The molecule has 1 aliphatic rings. The summed E-state index contributed by atoms with van der Waals surface area (Å²) in [6.07, 6.45) is 4.18. The molecular formula is C22H26N2O2S. The van der Waals surface area contributed by atoms with E-state index in [1.807, 2.05) is 31.3 Å². The average molecular weight is 383 g/mol. The first-order valence-electron chi connectivity index (χ1n) is 9.47. The number of benzene rings is 2. The van der Waals surface area contributed by atoms with E-state index < -0.39 is 10.0 Å². The molecule has 4 rings (SSSR count). The molecule has 1 fully saturated rings. The normalized spacial score (nSPS) is 16.1. The Labute approximate surface area is 161 Å². The van der Waals surface area contributed by atoms with Crippen LogP contribution in [0.4, 0.5) is 0 Å². The van der Waals surface area contributed by atoms with Crippen LogP contribution in [0.15, 0.2) is 59.6 Å². The molecule has 0 amide bonds. The predicted molar refractivity (Wildman–Crippen MR) is 110 cm³/mol. The monoisotopic (exact) mass is 382 g/mol. The van der Waals surface area contributed by atoms with Crippen molar-refractivity contribution in [1.29, 1.82) is 0 Å². The van der Waals surface area contributed by atoms with E-state index in [0.29, 0.717) is 17.4 Å². The summed E-state index contributed by atoms with van der Waals surface area (Å²) in [5, 5.41) is 1.22. The maximum atomic E-state index is 12.8. The first kappa shape index (κ1) is 18.3. The van der Waals surface area contributed by atoms with E-state index in [4.69, 9.17) is 0 Å². The summed E-state index contributed by atoms with van der Waals surface area (Å²) >= 11 is 0. The number of para-hydroxylation sites is 1. The van der Waals surface area contributed by atoms with Gasteiger partial charge in [-0.15, -0.1) is 0 Å². The zero-order valence-electron chi connectivity index (χ0n) is 16.1.